The van der Waals surface area contributed by atoms with Crippen molar-refractivity contribution in [2.24, 2.45) is 11.8 Å². The molecule has 4 rings (SSSR count). The van der Waals surface area contributed by atoms with Crippen LogP contribution in [-0.4, -0.2) is 26.2 Å². The molecule has 3 atom stereocenters. The van der Waals surface area contributed by atoms with E-state index >= 15 is 0 Å². The third-order valence-electron chi connectivity index (χ3n) is 6.22. The van der Waals surface area contributed by atoms with Crippen LogP contribution in [0.3, 0.4) is 0 Å². The standard InChI is InChI=1S/C22H23NO4S/c1-13-6-5-8-18(14(13)2)23-22(25)15-10-11-17-20(12-15)28(26,27)19-9-4-3-7-16(19)21(17)24/h3-4,7,9-14,18H,5-6,8H2,1-2H3,(H,23,25). The molecular weight excluding hydrogens is 374 g/mol. The van der Waals surface area contributed by atoms with Gasteiger partial charge in [-0.05, 0) is 48.6 Å². The Morgan fingerprint density at radius 1 is 1.00 bits per heavy atom. The van der Waals surface area contributed by atoms with Gasteiger partial charge in [0.2, 0.25) is 9.84 Å². The molecular formula is C22H23NO4S. The number of benzene rings is 2. The number of carbonyl (C=O) groups is 2. The van der Waals surface area contributed by atoms with Crippen LogP contribution in [0.1, 0.15) is 59.4 Å². The number of hydrogen-bond donors (Lipinski definition) is 1. The second-order valence-corrected chi connectivity index (χ2v) is 9.77. The summed E-state index contributed by atoms with van der Waals surface area (Å²) in [5, 5.41) is 3.06. The highest BCUT2D eigenvalue weighted by molar-refractivity contribution is 7.91. The van der Waals surface area contributed by atoms with Gasteiger partial charge >= 0.3 is 0 Å². The number of amides is 1. The molecule has 1 saturated carbocycles. The maximum atomic E-state index is 13.0. The molecule has 0 spiro atoms. The second kappa shape index (κ2) is 6.85. The monoisotopic (exact) mass is 397 g/mol. The Bertz CT molecular complexity index is 1070. The van der Waals surface area contributed by atoms with Crippen molar-refractivity contribution in [2.45, 2.75) is 48.9 Å². The zero-order valence-electron chi connectivity index (χ0n) is 15.9. The number of sulfone groups is 1. The first-order valence-corrected chi connectivity index (χ1v) is 11.1. The Hall–Kier alpha value is -2.47. The van der Waals surface area contributed by atoms with Crippen molar-refractivity contribution in [1.82, 2.24) is 5.32 Å². The number of ketones is 1. The van der Waals surface area contributed by atoms with Crippen molar-refractivity contribution in [3.63, 3.8) is 0 Å². The lowest BCUT2D eigenvalue weighted by molar-refractivity contribution is 0.0889. The predicted molar refractivity (Wildman–Crippen MR) is 105 cm³/mol. The van der Waals surface area contributed by atoms with Gasteiger partial charge in [0.25, 0.3) is 5.91 Å². The second-order valence-electron chi connectivity index (χ2n) is 7.89. The summed E-state index contributed by atoms with van der Waals surface area (Å²) >= 11 is 0. The maximum Gasteiger partial charge on any atom is 0.251 e. The molecule has 1 aliphatic heterocycles. The fourth-order valence-corrected chi connectivity index (χ4v) is 5.94. The van der Waals surface area contributed by atoms with Crippen molar-refractivity contribution in [2.75, 3.05) is 0 Å². The molecule has 28 heavy (non-hydrogen) atoms. The van der Waals surface area contributed by atoms with E-state index < -0.39 is 9.84 Å². The topological polar surface area (TPSA) is 80.3 Å². The van der Waals surface area contributed by atoms with Crippen LogP contribution in [0, 0.1) is 11.8 Å². The van der Waals surface area contributed by atoms with Crippen LogP contribution in [0.2, 0.25) is 0 Å². The number of hydrogen-bond acceptors (Lipinski definition) is 4. The summed E-state index contributed by atoms with van der Waals surface area (Å²) in [4.78, 5) is 25.4. The van der Waals surface area contributed by atoms with E-state index in [2.05, 4.69) is 19.2 Å². The lowest BCUT2D eigenvalue weighted by Gasteiger charge is -2.34. The van der Waals surface area contributed by atoms with Crippen LogP contribution < -0.4 is 5.32 Å². The highest BCUT2D eigenvalue weighted by atomic mass is 32.2. The van der Waals surface area contributed by atoms with E-state index in [0.717, 1.165) is 19.3 Å². The van der Waals surface area contributed by atoms with Crippen LogP contribution in [0.15, 0.2) is 52.3 Å². The van der Waals surface area contributed by atoms with Crippen LogP contribution in [0.25, 0.3) is 0 Å². The first-order chi connectivity index (χ1) is 13.3. The summed E-state index contributed by atoms with van der Waals surface area (Å²) < 4.78 is 26.0. The van der Waals surface area contributed by atoms with Crippen LogP contribution >= 0.6 is 0 Å². The summed E-state index contributed by atoms with van der Waals surface area (Å²) in [6, 6.07) is 10.6. The van der Waals surface area contributed by atoms with E-state index in [0.29, 0.717) is 11.8 Å². The molecule has 146 valence electrons. The van der Waals surface area contributed by atoms with E-state index in [9.17, 15) is 18.0 Å². The van der Waals surface area contributed by atoms with Gasteiger partial charge in [0.1, 0.15) is 0 Å². The summed E-state index contributed by atoms with van der Waals surface area (Å²) in [6.45, 7) is 4.33. The third kappa shape index (κ3) is 2.96. The predicted octanol–water partition coefficient (Wildman–Crippen LogP) is 3.62. The van der Waals surface area contributed by atoms with E-state index in [1.165, 1.54) is 30.3 Å². The van der Waals surface area contributed by atoms with Gasteiger partial charge in [0, 0.05) is 22.7 Å². The molecule has 1 heterocycles. The molecule has 0 saturated heterocycles. The Morgan fingerprint density at radius 2 is 1.71 bits per heavy atom. The summed E-state index contributed by atoms with van der Waals surface area (Å²) in [7, 11) is -3.84. The average molecular weight is 397 g/mol. The number of carbonyl (C=O) groups excluding carboxylic acids is 2. The number of nitrogens with one attached hydrogen (secondary N) is 1. The van der Waals surface area contributed by atoms with Gasteiger partial charge in [-0.25, -0.2) is 8.42 Å². The first kappa shape index (κ1) is 18.9. The molecule has 3 unspecified atom stereocenters. The van der Waals surface area contributed by atoms with Gasteiger partial charge < -0.3 is 5.32 Å². The van der Waals surface area contributed by atoms with E-state index in [4.69, 9.17) is 0 Å². The van der Waals surface area contributed by atoms with Crippen LogP contribution in [0.4, 0.5) is 0 Å². The van der Waals surface area contributed by atoms with Gasteiger partial charge in [-0.1, -0.05) is 38.8 Å². The molecule has 6 heteroatoms. The minimum Gasteiger partial charge on any atom is -0.349 e. The zero-order chi connectivity index (χ0) is 20.1. The first-order valence-electron chi connectivity index (χ1n) is 9.64. The van der Waals surface area contributed by atoms with E-state index in [1.807, 2.05) is 0 Å². The third-order valence-corrected chi connectivity index (χ3v) is 8.07. The normalized spacial score (nSPS) is 25.5. The van der Waals surface area contributed by atoms with Gasteiger partial charge in [0.05, 0.1) is 9.79 Å². The van der Waals surface area contributed by atoms with E-state index in [-0.39, 0.29) is 44.2 Å². The van der Waals surface area contributed by atoms with Crippen molar-refractivity contribution in [3.05, 3.63) is 59.2 Å². The highest BCUT2D eigenvalue weighted by Crippen LogP contribution is 2.35. The summed E-state index contributed by atoms with van der Waals surface area (Å²) in [5.74, 6) is 0.280. The molecule has 2 aromatic carbocycles. The van der Waals surface area contributed by atoms with Crippen molar-refractivity contribution < 1.29 is 18.0 Å². The average Bonchev–Trinajstić information content (AvgIpc) is 2.69. The SMILES string of the molecule is CC1CCCC(NC(=O)c2ccc3c(c2)S(=O)(=O)c2ccccc2C3=O)C1C. The van der Waals surface area contributed by atoms with Gasteiger partial charge in [-0.15, -0.1) is 0 Å². The molecule has 2 aromatic rings. The fourth-order valence-electron chi connectivity index (χ4n) is 4.26. The highest BCUT2D eigenvalue weighted by Gasteiger charge is 2.35. The van der Waals surface area contributed by atoms with Gasteiger partial charge in [-0.3, -0.25) is 9.59 Å². The molecule has 1 fully saturated rings. The minimum absolute atomic E-state index is 0.000198. The van der Waals surface area contributed by atoms with Crippen molar-refractivity contribution in [1.29, 1.82) is 0 Å². The largest absolute Gasteiger partial charge is 0.349 e. The molecule has 5 nitrogen and oxygen atoms in total. The van der Waals surface area contributed by atoms with Crippen LogP contribution in [0.5, 0.6) is 0 Å². The Kier molecular flexibility index (Phi) is 4.62. The maximum absolute atomic E-state index is 13.0. The lowest BCUT2D eigenvalue weighted by atomic mass is 9.78. The smallest absolute Gasteiger partial charge is 0.251 e. The molecule has 2 aliphatic rings. The molecule has 0 radical (unpaired) electrons. The van der Waals surface area contributed by atoms with Crippen LogP contribution in [-0.2, 0) is 9.84 Å². The molecule has 0 bridgehead atoms. The number of rotatable bonds is 2. The van der Waals surface area contributed by atoms with Crippen molar-refractivity contribution >= 4 is 21.5 Å². The van der Waals surface area contributed by atoms with Crippen molar-refractivity contribution in [3.8, 4) is 0 Å². The lowest BCUT2D eigenvalue weighted by Crippen LogP contribution is -2.43. The Balaban J connectivity index is 1.68. The van der Waals surface area contributed by atoms with E-state index in [1.54, 1.807) is 12.1 Å². The van der Waals surface area contributed by atoms with Gasteiger partial charge in [0.15, 0.2) is 5.78 Å². The minimum atomic E-state index is -3.84. The Morgan fingerprint density at radius 3 is 2.50 bits per heavy atom. The Labute approximate surface area is 165 Å². The quantitative estimate of drug-likeness (QED) is 0.716. The molecule has 0 aromatic heterocycles. The molecule has 1 aliphatic carbocycles. The molecule has 1 N–H and O–H groups in total. The summed E-state index contributed by atoms with van der Waals surface area (Å²) in [6.07, 6.45) is 3.15. The molecule has 1 amide bonds. The zero-order valence-corrected chi connectivity index (χ0v) is 16.8. The summed E-state index contributed by atoms with van der Waals surface area (Å²) in [5.41, 5.74) is 0.562. The fraction of sp³-hybridized carbons (Fsp3) is 0.364. The van der Waals surface area contributed by atoms with Gasteiger partial charge in [-0.2, -0.15) is 0 Å². The number of fused-ring (bicyclic) bond motifs is 2.